The highest BCUT2D eigenvalue weighted by atomic mass is 19.4. The Morgan fingerprint density at radius 1 is 1.24 bits per heavy atom. The van der Waals surface area contributed by atoms with Crippen molar-refractivity contribution in [3.05, 3.63) is 0 Å². The molecule has 1 rings (SSSR count). The molecule has 21 heavy (non-hydrogen) atoms. The van der Waals surface area contributed by atoms with Crippen LogP contribution < -0.4 is 11.1 Å². The van der Waals surface area contributed by atoms with E-state index in [-0.39, 0.29) is 31.5 Å². The Bertz CT molecular complexity index is 389. The molecule has 0 aromatic rings. The first-order valence-electron chi connectivity index (χ1n) is 6.88. The number of hydrogen-bond donors (Lipinski definition) is 2. The fraction of sp³-hybridized carbons (Fsp3) is 0.846. The summed E-state index contributed by atoms with van der Waals surface area (Å²) in [4.78, 5) is 24.4. The van der Waals surface area contributed by atoms with E-state index in [1.54, 1.807) is 13.8 Å². The molecule has 5 nitrogen and oxygen atoms in total. The van der Waals surface area contributed by atoms with Crippen molar-refractivity contribution in [3.63, 3.8) is 0 Å². The Labute approximate surface area is 122 Å². The molecule has 0 unspecified atom stereocenters. The second kappa shape index (κ2) is 6.64. The monoisotopic (exact) mass is 309 g/mol. The van der Waals surface area contributed by atoms with Gasteiger partial charge in [-0.25, -0.2) is 0 Å². The number of amides is 2. The van der Waals surface area contributed by atoms with E-state index < -0.39 is 24.0 Å². The Balaban J connectivity index is 2.37. The summed E-state index contributed by atoms with van der Waals surface area (Å²) in [6, 6.07) is 0. The van der Waals surface area contributed by atoms with Crippen LogP contribution in [0, 0.1) is 11.3 Å². The first kappa shape index (κ1) is 17.7. The lowest BCUT2D eigenvalue weighted by Crippen LogP contribution is -2.47. The van der Waals surface area contributed by atoms with E-state index in [0.29, 0.717) is 12.8 Å². The van der Waals surface area contributed by atoms with E-state index in [4.69, 9.17) is 5.73 Å². The molecule has 1 aliphatic rings. The number of hydrogen-bond acceptors (Lipinski definition) is 3. The highest BCUT2D eigenvalue weighted by Gasteiger charge is 2.34. The zero-order valence-electron chi connectivity index (χ0n) is 12.3. The minimum atomic E-state index is -4.21. The number of nitrogens with two attached hydrogens (primary N) is 1. The number of likely N-dealkylation sites (tertiary alicyclic amines) is 1. The maximum Gasteiger partial charge on any atom is 0.401 e. The van der Waals surface area contributed by atoms with Crippen LogP contribution in [0.15, 0.2) is 0 Å². The van der Waals surface area contributed by atoms with Gasteiger partial charge in [-0.15, -0.1) is 0 Å². The van der Waals surface area contributed by atoms with Gasteiger partial charge in [0.15, 0.2) is 0 Å². The van der Waals surface area contributed by atoms with Crippen LogP contribution in [0.4, 0.5) is 13.2 Å². The topological polar surface area (TPSA) is 75.4 Å². The number of carbonyl (C=O) groups excluding carboxylic acids is 2. The molecule has 0 aromatic heterocycles. The van der Waals surface area contributed by atoms with E-state index in [2.05, 4.69) is 5.32 Å². The average molecular weight is 309 g/mol. The van der Waals surface area contributed by atoms with Crippen LogP contribution in [0.25, 0.3) is 0 Å². The van der Waals surface area contributed by atoms with Crippen molar-refractivity contribution in [2.24, 2.45) is 17.1 Å². The number of halogens is 3. The largest absolute Gasteiger partial charge is 0.401 e. The quantitative estimate of drug-likeness (QED) is 0.792. The van der Waals surface area contributed by atoms with Gasteiger partial charge in [-0.3, -0.25) is 14.5 Å². The van der Waals surface area contributed by atoms with Gasteiger partial charge in [0, 0.05) is 12.5 Å². The van der Waals surface area contributed by atoms with Crippen LogP contribution in [-0.4, -0.2) is 49.1 Å². The van der Waals surface area contributed by atoms with Gasteiger partial charge in [-0.05, 0) is 39.8 Å². The summed E-state index contributed by atoms with van der Waals surface area (Å²) in [6.07, 6.45) is -3.43. The van der Waals surface area contributed by atoms with Crippen molar-refractivity contribution in [1.82, 2.24) is 10.2 Å². The van der Waals surface area contributed by atoms with E-state index in [9.17, 15) is 22.8 Å². The average Bonchev–Trinajstić information content (AvgIpc) is 2.35. The third kappa shape index (κ3) is 5.91. The number of piperidine rings is 1. The summed E-state index contributed by atoms with van der Waals surface area (Å²) < 4.78 is 36.8. The SMILES string of the molecule is CC(C)(CNC(=O)C1CCN(CC(F)(F)F)CC1)C(N)=O. The second-order valence-electron chi connectivity index (χ2n) is 6.13. The zero-order chi connectivity index (χ0) is 16.3. The molecular weight excluding hydrogens is 287 g/mol. The van der Waals surface area contributed by atoms with Crippen LogP contribution in [0.3, 0.4) is 0 Å². The molecule has 1 aliphatic heterocycles. The molecule has 0 saturated carbocycles. The Morgan fingerprint density at radius 3 is 2.19 bits per heavy atom. The molecule has 1 saturated heterocycles. The molecule has 122 valence electrons. The van der Waals surface area contributed by atoms with Gasteiger partial charge in [0.25, 0.3) is 0 Å². The molecule has 0 radical (unpaired) electrons. The molecular formula is C13H22F3N3O2. The molecule has 0 spiro atoms. The molecule has 2 amide bonds. The van der Waals surface area contributed by atoms with Gasteiger partial charge >= 0.3 is 6.18 Å². The van der Waals surface area contributed by atoms with Crippen molar-refractivity contribution >= 4 is 11.8 Å². The second-order valence-corrected chi connectivity index (χ2v) is 6.13. The number of primary amides is 1. The molecule has 1 heterocycles. The summed E-state index contributed by atoms with van der Waals surface area (Å²) >= 11 is 0. The Hall–Kier alpha value is -1.31. The van der Waals surface area contributed by atoms with Crippen molar-refractivity contribution < 1.29 is 22.8 Å². The fourth-order valence-electron chi connectivity index (χ4n) is 2.15. The lowest BCUT2D eigenvalue weighted by molar-refractivity contribution is -0.149. The van der Waals surface area contributed by atoms with Gasteiger partial charge in [-0.1, -0.05) is 0 Å². The van der Waals surface area contributed by atoms with Gasteiger partial charge in [0.2, 0.25) is 11.8 Å². The highest BCUT2D eigenvalue weighted by molar-refractivity contribution is 5.82. The summed E-state index contributed by atoms with van der Waals surface area (Å²) in [5, 5.41) is 2.66. The summed E-state index contributed by atoms with van der Waals surface area (Å²) in [7, 11) is 0. The van der Waals surface area contributed by atoms with Crippen LogP contribution in [0.5, 0.6) is 0 Å². The van der Waals surface area contributed by atoms with E-state index in [1.807, 2.05) is 0 Å². The smallest absolute Gasteiger partial charge is 0.369 e. The van der Waals surface area contributed by atoms with Crippen molar-refractivity contribution in [1.29, 1.82) is 0 Å². The predicted molar refractivity (Wildman–Crippen MR) is 71.2 cm³/mol. The molecule has 1 fully saturated rings. The van der Waals surface area contributed by atoms with Crippen LogP contribution in [-0.2, 0) is 9.59 Å². The number of nitrogens with zero attached hydrogens (tertiary/aromatic N) is 1. The third-order valence-corrected chi connectivity index (χ3v) is 3.73. The normalized spacial score (nSPS) is 18.5. The molecule has 0 bridgehead atoms. The minimum Gasteiger partial charge on any atom is -0.369 e. The Kier molecular flexibility index (Phi) is 5.61. The summed E-state index contributed by atoms with van der Waals surface area (Å²) in [6.45, 7) is 2.94. The van der Waals surface area contributed by atoms with E-state index in [0.717, 1.165) is 0 Å². The van der Waals surface area contributed by atoms with Gasteiger partial charge in [0.1, 0.15) is 0 Å². The third-order valence-electron chi connectivity index (χ3n) is 3.73. The predicted octanol–water partition coefficient (Wildman–Crippen LogP) is 0.888. The maximum absolute atomic E-state index is 12.3. The number of alkyl halides is 3. The molecule has 3 N–H and O–H groups in total. The van der Waals surface area contributed by atoms with Gasteiger partial charge in [-0.2, -0.15) is 13.2 Å². The molecule has 0 aliphatic carbocycles. The molecule has 8 heteroatoms. The lowest BCUT2D eigenvalue weighted by atomic mass is 9.91. The minimum absolute atomic E-state index is 0.129. The standard InChI is InChI=1S/C13H22F3N3O2/c1-12(2,11(17)21)7-18-10(20)9-3-5-19(6-4-9)8-13(14,15)16/h9H,3-8H2,1-2H3,(H2,17,21)(H,18,20). The van der Waals surface area contributed by atoms with E-state index in [1.165, 1.54) is 4.90 Å². The van der Waals surface area contributed by atoms with Crippen LogP contribution in [0.2, 0.25) is 0 Å². The molecule has 0 aromatic carbocycles. The first-order chi connectivity index (χ1) is 9.51. The van der Waals surface area contributed by atoms with Gasteiger partial charge in [0.05, 0.1) is 12.0 Å². The Morgan fingerprint density at radius 2 is 1.76 bits per heavy atom. The maximum atomic E-state index is 12.3. The summed E-state index contributed by atoms with van der Waals surface area (Å²) in [5.41, 5.74) is 4.37. The first-order valence-corrected chi connectivity index (χ1v) is 6.88. The van der Waals surface area contributed by atoms with Crippen molar-refractivity contribution in [3.8, 4) is 0 Å². The van der Waals surface area contributed by atoms with Crippen molar-refractivity contribution in [2.45, 2.75) is 32.9 Å². The highest BCUT2D eigenvalue weighted by Crippen LogP contribution is 2.23. The summed E-state index contributed by atoms with van der Waals surface area (Å²) in [5.74, 6) is -1.04. The van der Waals surface area contributed by atoms with Crippen LogP contribution in [0.1, 0.15) is 26.7 Å². The molecule has 0 atom stereocenters. The lowest BCUT2D eigenvalue weighted by Gasteiger charge is -2.32. The van der Waals surface area contributed by atoms with Gasteiger partial charge < -0.3 is 11.1 Å². The number of nitrogens with one attached hydrogen (secondary N) is 1. The van der Waals surface area contributed by atoms with Crippen molar-refractivity contribution in [2.75, 3.05) is 26.2 Å². The zero-order valence-corrected chi connectivity index (χ0v) is 12.3. The van der Waals surface area contributed by atoms with E-state index >= 15 is 0 Å². The van der Waals surface area contributed by atoms with Crippen LogP contribution >= 0.6 is 0 Å². The number of carbonyl (C=O) groups is 2. The number of rotatable bonds is 5. The fourth-order valence-corrected chi connectivity index (χ4v) is 2.15.